The minimum absolute atomic E-state index is 1.19. The Morgan fingerprint density at radius 2 is 0.433 bits per heavy atom. The fourth-order valence-corrected chi connectivity index (χ4v) is 22.3. The van der Waals surface area contributed by atoms with Crippen LogP contribution in [0.25, 0.3) is 58.5 Å². The summed E-state index contributed by atoms with van der Waals surface area (Å²) < 4.78 is 2.65. The molecule has 0 bridgehead atoms. The summed E-state index contributed by atoms with van der Waals surface area (Å²) >= 11 is 23.2. The maximum absolute atomic E-state index is 3.89. The largest absolute Gasteiger partial charge is 0.143 e. The predicted octanol–water partition coefficient (Wildman–Crippen LogP) is 33.2. The number of halogens is 2. The zero-order chi connectivity index (χ0) is 63.1. The molecule has 0 fully saturated rings. The molecule has 0 radical (unpaired) electrons. The molecule has 8 rings (SSSR count). The maximum atomic E-state index is 3.89. The third-order valence-corrected chi connectivity index (χ3v) is 29.3. The topological polar surface area (TPSA) is 0 Å². The van der Waals surface area contributed by atoms with Crippen LogP contribution in [0.2, 0.25) is 0 Å². The average Bonchev–Trinajstić information content (AvgIpc) is 2.26. The van der Waals surface area contributed by atoms with Gasteiger partial charge < -0.3 is 0 Å². The summed E-state index contributed by atoms with van der Waals surface area (Å²) in [5, 5.41) is 4.80. The second-order valence-electron chi connectivity index (χ2n) is 25.8. The lowest BCUT2D eigenvalue weighted by Gasteiger charge is -2.02. The van der Waals surface area contributed by atoms with E-state index in [0.717, 1.165) is 0 Å². The lowest BCUT2D eigenvalue weighted by molar-refractivity contribution is 0.556. The van der Waals surface area contributed by atoms with Crippen LogP contribution in [-0.2, 0) is 25.7 Å². The van der Waals surface area contributed by atoms with E-state index < -0.39 is 0 Å². The van der Waals surface area contributed by atoms with E-state index >= 15 is 0 Å². The zero-order valence-corrected chi connectivity index (χ0v) is 65.9. The second kappa shape index (κ2) is 46.7. The Bertz CT molecular complexity index is 2850. The molecule has 90 heavy (non-hydrogen) atoms. The van der Waals surface area contributed by atoms with Crippen LogP contribution in [0.5, 0.6) is 0 Å². The zero-order valence-electron chi connectivity index (χ0n) is 56.2. The van der Waals surface area contributed by atoms with Crippen molar-refractivity contribution < 1.29 is 0 Å². The molecule has 0 aliphatic carbocycles. The van der Waals surface area contributed by atoms with Crippen molar-refractivity contribution in [3.8, 4) is 58.5 Å². The molecule has 0 N–H and O–H groups in total. The number of hydrogen-bond acceptors (Lipinski definition) is 8. The van der Waals surface area contributed by atoms with Crippen LogP contribution >= 0.6 is 123 Å². The molecule has 0 saturated heterocycles. The number of aryl methyl sites for hydroxylation is 4. The minimum Gasteiger partial charge on any atom is -0.143 e. The molecule has 0 spiro atoms. The van der Waals surface area contributed by atoms with Crippen molar-refractivity contribution in [2.75, 3.05) is 0 Å². The van der Waals surface area contributed by atoms with E-state index in [4.69, 9.17) is 0 Å². The smallest absolute Gasteiger partial charge is 0.0737 e. The Labute approximate surface area is 598 Å². The summed E-state index contributed by atoms with van der Waals surface area (Å²) in [4.78, 5) is 16.9. The summed E-state index contributed by atoms with van der Waals surface area (Å²) in [6.07, 6.45) is 60.9. The molecule has 8 aromatic rings. The first-order chi connectivity index (χ1) is 44.3. The highest BCUT2D eigenvalue weighted by molar-refractivity contribution is 9.11. The van der Waals surface area contributed by atoms with E-state index in [2.05, 4.69) is 143 Å². The standard InChI is InChI=1S/C40H56Br2S4.C40H58S4/c1-3-5-7-9-11-13-15-17-19-21-23-31-29-37(45-39(31)41)35-27-25-33(43-35)34-26-28-36(44-34)38-30-32(40(42)46-38)24-22-20-18-16-14-12-10-8-6-4-2;1-3-5-7-9-11-13-15-17-19-21-23-33-29-39(41-31-33)37-27-25-35(43-37)36-26-28-38(44-36)40-30-34(32-42-40)24-22-20-18-16-14-12-10-8-6-4-2/h25-30H,3-24H2,1-2H3;25-32H,3-24H2,1-2H3. The summed E-state index contributed by atoms with van der Waals surface area (Å²) in [6, 6.07) is 28.4. The maximum Gasteiger partial charge on any atom is 0.0737 e. The van der Waals surface area contributed by atoms with Crippen molar-refractivity contribution in [2.45, 2.75) is 310 Å². The molecular formula is C80H114Br2S8. The van der Waals surface area contributed by atoms with Gasteiger partial charge in [0.15, 0.2) is 0 Å². The van der Waals surface area contributed by atoms with Crippen molar-refractivity contribution in [3.05, 3.63) is 113 Å². The van der Waals surface area contributed by atoms with Crippen LogP contribution < -0.4 is 0 Å². The molecule has 0 amide bonds. The van der Waals surface area contributed by atoms with Gasteiger partial charge in [0.1, 0.15) is 0 Å². The number of thiophene rings is 8. The van der Waals surface area contributed by atoms with Gasteiger partial charge in [-0.25, -0.2) is 0 Å². The van der Waals surface area contributed by atoms with Crippen LogP contribution in [0.3, 0.4) is 0 Å². The molecule has 8 heterocycles. The highest BCUT2D eigenvalue weighted by Crippen LogP contribution is 2.47. The molecule has 0 nitrogen and oxygen atoms in total. The van der Waals surface area contributed by atoms with Crippen LogP contribution in [0.1, 0.15) is 307 Å². The summed E-state index contributed by atoms with van der Waals surface area (Å²) in [6.45, 7) is 9.19. The normalized spacial score (nSPS) is 11.6. The van der Waals surface area contributed by atoms with Crippen molar-refractivity contribution in [3.63, 3.8) is 0 Å². The van der Waals surface area contributed by atoms with Gasteiger partial charge in [-0.3, -0.25) is 0 Å². The van der Waals surface area contributed by atoms with Gasteiger partial charge in [-0.1, -0.05) is 259 Å². The van der Waals surface area contributed by atoms with Crippen LogP contribution in [-0.4, -0.2) is 0 Å². The first-order valence-corrected chi connectivity index (χ1v) is 44.7. The molecular weight excluding hydrogens is 1380 g/mol. The van der Waals surface area contributed by atoms with Crippen molar-refractivity contribution in [2.24, 2.45) is 0 Å². The van der Waals surface area contributed by atoms with Crippen molar-refractivity contribution in [1.82, 2.24) is 0 Å². The Balaban J connectivity index is 0.000000256. The van der Waals surface area contributed by atoms with E-state index in [0.29, 0.717) is 0 Å². The number of unbranched alkanes of at least 4 members (excludes halogenated alkanes) is 36. The van der Waals surface area contributed by atoms with Crippen LogP contribution in [0, 0.1) is 0 Å². The fourth-order valence-electron chi connectivity index (χ4n) is 12.3. The fraction of sp³-hybridized carbons (Fsp3) is 0.600. The summed E-state index contributed by atoms with van der Waals surface area (Å²) in [5.41, 5.74) is 6.04. The Kier molecular flexibility index (Phi) is 39.4. The number of hydrogen-bond donors (Lipinski definition) is 0. The Hall–Kier alpha value is -1.44. The van der Waals surface area contributed by atoms with Crippen molar-refractivity contribution in [1.29, 1.82) is 0 Å². The molecule has 0 atom stereocenters. The minimum atomic E-state index is 1.19. The molecule has 0 aromatic carbocycles. The molecule has 10 heteroatoms. The van der Waals surface area contributed by atoms with E-state index in [1.54, 1.807) is 0 Å². The van der Waals surface area contributed by atoms with Gasteiger partial charge in [0.25, 0.3) is 0 Å². The first-order valence-electron chi connectivity index (χ1n) is 36.5. The van der Waals surface area contributed by atoms with E-state index in [1.807, 2.05) is 90.7 Å². The van der Waals surface area contributed by atoms with Gasteiger partial charge in [-0.2, -0.15) is 0 Å². The molecule has 496 valence electrons. The van der Waals surface area contributed by atoms with Gasteiger partial charge in [0, 0.05) is 58.5 Å². The molecule has 0 saturated carbocycles. The van der Waals surface area contributed by atoms with Crippen LogP contribution in [0.15, 0.2) is 91.1 Å². The van der Waals surface area contributed by atoms with Gasteiger partial charge in [-0.05, 0) is 189 Å². The Morgan fingerprint density at radius 3 is 0.689 bits per heavy atom. The van der Waals surface area contributed by atoms with Crippen molar-refractivity contribution >= 4 is 123 Å². The Morgan fingerprint density at radius 1 is 0.222 bits per heavy atom. The summed E-state index contributed by atoms with van der Waals surface area (Å²) in [7, 11) is 0. The highest BCUT2D eigenvalue weighted by Gasteiger charge is 2.17. The molecule has 0 aliphatic heterocycles. The quantitative estimate of drug-likeness (QED) is 0.0333. The van der Waals surface area contributed by atoms with Gasteiger partial charge >= 0.3 is 0 Å². The SMILES string of the molecule is CCCCCCCCCCCCc1cc(-c2ccc(-c3ccc(-c4cc(CCCCCCCCCCCC)c(Br)s4)s3)s2)sc1Br.CCCCCCCCCCCCc1csc(-c2ccc(-c3ccc(-c4cc(CCCCCCCCCCCC)cs4)s3)s2)c1. The van der Waals surface area contributed by atoms with E-state index in [1.165, 1.54) is 371 Å². The van der Waals surface area contributed by atoms with E-state index in [9.17, 15) is 0 Å². The average molecular weight is 1490 g/mol. The highest BCUT2D eigenvalue weighted by atomic mass is 79.9. The predicted molar refractivity (Wildman–Crippen MR) is 426 cm³/mol. The number of rotatable bonds is 50. The lowest BCUT2D eigenvalue weighted by Crippen LogP contribution is -1.85. The van der Waals surface area contributed by atoms with Gasteiger partial charge in [0.2, 0.25) is 0 Å². The van der Waals surface area contributed by atoms with Gasteiger partial charge in [0.05, 0.1) is 7.57 Å². The summed E-state index contributed by atoms with van der Waals surface area (Å²) in [5.74, 6) is 0. The first kappa shape index (κ1) is 75.9. The molecule has 0 unspecified atom stereocenters. The second-order valence-corrected chi connectivity index (χ2v) is 36.7. The van der Waals surface area contributed by atoms with Crippen LogP contribution in [0.4, 0.5) is 0 Å². The third kappa shape index (κ3) is 28.7. The van der Waals surface area contributed by atoms with Gasteiger partial charge in [-0.15, -0.1) is 90.7 Å². The molecule has 8 aromatic heterocycles. The monoisotopic (exact) mass is 1490 g/mol. The molecule has 0 aliphatic rings. The third-order valence-electron chi connectivity index (χ3n) is 17.9. The van der Waals surface area contributed by atoms with E-state index in [-0.39, 0.29) is 0 Å². The lowest BCUT2D eigenvalue weighted by atomic mass is 10.0.